The molecule has 1 aliphatic rings. The molecule has 0 aliphatic carbocycles. The van der Waals surface area contributed by atoms with Crippen molar-refractivity contribution in [2.75, 3.05) is 7.11 Å². The number of ether oxygens (including phenoxy) is 2. The minimum absolute atomic E-state index is 0.0942. The molecule has 21 heavy (non-hydrogen) atoms. The molecular formula is C17H18ClNO2. The van der Waals surface area contributed by atoms with Crippen molar-refractivity contribution < 1.29 is 9.47 Å². The van der Waals surface area contributed by atoms with Crippen molar-refractivity contribution in [2.45, 2.75) is 25.7 Å². The summed E-state index contributed by atoms with van der Waals surface area (Å²) < 4.78 is 10.8. The zero-order chi connectivity index (χ0) is 14.8. The number of hydrogen-bond donors (Lipinski definition) is 1. The first-order valence-corrected chi connectivity index (χ1v) is 7.32. The van der Waals surface area contributed by atoms with Crippen LogP contribution in [0.4, 0.5) is 0 Å². The first-order chi connectivity index (χ1) is 10.2. The summed E-state index contributed by atoms with van der Waals surface area (Å²) in [7, 11) is 1.66. The third-order valence-corrected chi connectivity index (χ3v) is 4.09. The Morgan fingerprint density at radius 3 is 2.81 bits per heavy atom. The Balaban J connectivity index is 1.83. The van der Waals surface area contributed by atoms with Crippen LogP contribution in [0.25, 0.3) is 0 Å². The molecule has 1 aliphatic heterocycles. The third-order valence-electron chi connectivity index (χ3n) is 3.86. The van der Waals surface area contributed by atoms with Crippen LogP contribution >= 0.6 is 11.6 Å². The minimum Gasteiger partial charge on any atom is -0.496 e. The molecule has 3 rings (SSSR count). The molecule has 0 saturated carbocycles. The number of hydrogen-bond acceptors (Lipinski definition) is 3. The molecule has 3 nitrogen and oxygen atoms in total. The number of methoxy groups -OCH3 is 1. The van der Waals surface area contributed by atoms with Crippen LogP contribution in [-0.2, 0) is 24.4 Å². The molecule has 4 heteroatoms. The summed E-state index contributed by atoms with van der Waals surface area (Å²) in [6.45, 7) is 1.38. The summed E-state index contributed by atoms with van der Waals surface area (Å²) in [6.07, 6.45) is 0.684. The van der Waals surface area contributed by atoms with E-state index in [2.05, 4.69) is 18.2 Å². The van der Waals surface area contributed by atoms with Gasteiger partial charge in [-0.3, -0.25) is 0 Å². The normalized spacial score (nSPS) is 14.8. The van der Waals surface area contributed by atoms with Crippen LogP contribution in [0.15, 0.2) is 36.4 Å². The fourth-order valence-electron chi connectivity index (χ4n) is 2.68. The second-order valence-electron chi connectivity index (χ2n) is 5.29. The molecule has 1 unspecified atom stereocenters. The van der Waals surface area contributed by atoms with Crippen LogP contribution in [0.2, 0.25) is 5.02 Å². The van der Waals surface area contributed by atoms with Gasteiger partial charge in [0.15, 0.2) is 0 Å². The fourth-order valence-corrected chi connectivity index (χ4v) is 2.88. The molecule has 110 valence electrons. The van der Waals surface area contributed by atoms with Gasteiger partial charge >= 0.3 is 0 Å². The van der Waals surface area contributed by atoms with Crippen LogP contribution in [-0.4, -0.2) is 7.11 Å². The smallest absolute Gasteiger partial charge is 0.122 e. The lowest BCUT2D eigenvalue weighted by Gasteiger charge is -2.16. The molecular weight excluding hydrogens is 286 g/mol. The van der Waals surface area contributed by atoms with E-state index >= 15 is 0 Å². The average molecular weight is 304 g/mol. The van der Waals surface area contributed by atoms with Gasteiger partial charge in [0, 0.05) is 11.1 Å². The number of nitrogens with two attached hydrogens (primary N) is 1. The molecule has 0 spiro atoms. The minimum atomic E-state index is -0.0942. The van der Waals surface area contributed by atoms with Gasteiger partial charge in [-0.1, -0.05) is 29.8 Å². The van der Waals surface area contributed by atoms with Gasteiger partial charge in [-0.05, 0) is 46.9 Å². The van der Waals surface area contributed by atoms with E-state index in [-0.39, 0.29) is 6.04 Å². The van der Waals surface area contributed by atoms with Crippen LogP contribution in [0.5, 0.6) is 5.75 Å². The zero-order valence-corrected chi connectivity index (χ0v) is 12.7. The lowest BCUT2D eigenvalue weighted by Crippen LogP contribution is -2.14. The van der Waals surface area contributed by atoms with Crippen LogP contribution in [0.3, 0.4) is 0 Å². The number of rotatable bonds is 4. The van der Waals surface area contributed by atoms with Crippen molar-refractivity contribution in [2.24, 2.45) is 5.73 Å². The highest BCUT2D eigenvalue weighted by Gasteiger charge is 2.16. The summed E-state index contributed by atoms with van der Waals surface area (Å²) >= 11 is 6.07. The Hall–Kier alpha value is -1.55. The first kappa shape index (κ1) is 14.4. The SMILES string of the molecule is COc1ccc(Cl)cc1CC(N)c1ccc2c(c1)COC2. The predicted octanol–water partition coefficient (Wildman–Crippen LogP) is 3.62. The number of halogens is 1. The van der Waals surface area contributed by atoms with E-state index in [0.29, 0.717) is 24.7 Å². The van der Waals surface area contributed by atoms with Gasteiger partial charge in [0.2, 0.25) is 0 Å². The highest BCUT2D eigenvalue weighted by atomic mass is 35.5. The molecule has 0 radical (unpaired) electrons. The maximum Gasteiger partial charge on any atom is 0.122 e. The fraction of sp³-hybridized carbons (Fsp3) is 0.294. The number of benzene rings is 2. The topological polar surface area (TPSA) is 44.5 Å². The Morgan fingerprint density at radius 1 is 1.19 bits per heavy atom. The Labute approximate surface area is 129 Å². The van der Waals surface area contributed by atoms with Crippen LogP contribution < -0.4 is 10.5 Å². The van der Waals surface area contributed by atoms with Gasteiger partial charge < -0.3 is 15.2 Å². The van der Waals surface area contributed by atoms with Gasteiger partial charge in [0.1, 0.15) is 5.75 Å². The van der Waals surface area contributed by atoms with Gasteiger partial charge in [0.25, 0.3) is 0 Å². The maximum atomic E-state index is 6.36. The van der Waals surface area contributed by atoms with Gasteiger partial charge in [-0.2, -0.15) is 0 Å². The molecule has 2 aromatic rings. The second-order valence-corrected chi connectivity index (χ2v) is 5.72. The monoisotopic (exact) mass is 303 g/mol. The maximum absolute atomic E-state index is 6.36. The van der Waals surface area contributed by atoms with Crippen molar-refractivity contribution in [3.05, 3.63) is 63.7 Å². The van der Waals surface area contributed by atoms with Crippen LogP contribution in [0.1, 0.15) is 28.3 Å². The quantitative estimate of drug-likeness (QED) is 0.938. The largest absolute Gasteiger partial charge is 0.496 e. The Morgan fingerprint density at radius 2 is 2.00 bits per heavy atom. The van der Waals surface area contributed by atoms with E-state index < -0.39 is 0 Å². The van der Waals surface area contributed by atoms with E-state index in [1.165, 1.54) is 11.1 Å². The molecule has 0 saturated heterocycles. The highest BCUT2D eigenvalue weighted by Crippen LogP contribution is 2.29. The summed E-state index contributed by atoms with van der Waals surface area (Å²) in [4.78, 5) is 0. The molecule has 0 bridgehead atoms. The average Bonchev–Trinajstić information content (AvgIpc) is 2.94. The summed E-state index contributed by atoms with van der Waals surface area (Å²) in [5.74, 6) is 0.819. The molecule has 2 aromatic carbocycles. The van der Waals surface area contributed by atoms with Gasteiger partial charge in [-0.15, -0.1) is 0 Å². The molecule has 0 aromatic heterocycles. The van der Waals surface area contributed by atoms with Crippen molar-refractivity contribution >= 4 is 11.6 Å². The van der Waals surface area contributed by atoms with Crippen molar-refractivity contribution in [1.82, 2.24) is 0 Å². The van der Waals surface area contributed by atoms with E-state index in [0.717, 1.165) is 16.9 Å². The van der Waals surface area contributed by atoms with Crippen LogP contribution in [0, 0.1) is 0 Å². The predicted molar refractivity (Wildman–Crippen MR) is 83.6 cm³/mol. The standard InChI is InChI=1S/C17H18ClNO2/c1-20-17-5-4-15(18)7-13(17)8-16(19)11-2-3-12-9-21-10-14(12)6-11/h2-7,16H,8-10,19H2,1H3. The summed E-state index contributed by atoms with van der Waals surface area (Å²) in [5, 5.41) is 0.695. The zero-order valence-electron chi connectivity index (χ0n) is 11.9. The molecule has 1 heterocycles. The second kappa shape index (κ2) is 6.06. The van der Waals surface area contributed by atoms with Gasteiger partial charge in [0.05, 0.1) is 20.3 Å². The Kier molecular flexibility index (Phi) is 4.15. The third kappa shape index (κ3) is 3.05. The Bertz CT molecular complexity index is 657. The van der Waals surface area contributed by atoms with Crippen molar-refractivity contribution in [1.29, 1.82) is 0 Å². The van der Waals surface area contributed by atoms with E-state index in [9.17, 15) is 0 Å². The molecule has 1 atom stereocenters. The lowest BCUT2D eigenvalue weighted by atomic mass is 9.96. The molecule has 0 amide bonds. The van der Waals surface area contributed by atoms with E-state index in [1.54, 1.807) is 7.11 Å². The van der Waals surface area contributed by atoms with Crippen molar-refractivity contribution in [3.8, 4) is 5.75 Å². The summed E-state index contributed by atoms with van der Waals surface area (Å²) in [6, 6.07) is 11.8. The lowest BCUT2D eigenvalue weighted by molar-refractivity contribution is 0.134. The molecule has 2 N–H and O–H groups in total. The van der Waals surface area contributed by atoms with Gasteiger partial charge in [-0.25, -0.2) is 0 Å². The van der Waals surface area contributed by atoms with E-state index in [4.69, 9.17) is 26.8 Å². The highest BCUT2D eigenvalue weighted by molar-refractivity contribution is 6.30. The first-order valence-electron chi connectivity index (χ1n) is 6.95. The summed E-state index contributed by atoms with van der Waals surface area (Å²) in [5.41, 5.74) is 11.0. The number of fused-ring (bicyclic) bond motifs is 1. The van der Waals surface area contributed by atoms with E-state index in [1.807, 2.05) is 18.2 Å². The van der Waals surface area contributed by atoms with Crippen molar-refractivity contribution in [3.63, 3.8) is 0 Å². The molecule has 0 fully saturated rings.